The average molecular weight is 475 g/mol. The number of carbonyl (C=O) groups is 2. The summed E-state index contributed by atoms with van der Waals surface area (Å²) in [7, 11) is 0. The molecule has 194 valence electrons. The molecule has 9 atom stereocenters. The van der Waals surface area contributed by atoms with Crippen molar-refractivity contribution in [3.63, 3.8) is 0 Å². The highest BCUT2D eigenvalue weighted by Crippen LogP contribution is 2.68. The second kappa shape index (κ2) is 10.1. The zero-order valence-electron chi connectivity index (χ0n) is 22.7. The van der Waals surface area contributed by atoms with Gasteiger partial charge in [0.25, 0.3) is 0 Å². The van der Waals surface area contributed by atoms with Gasteiger partial charge in [-0.25, -0.2) is 4.79 Å². The summed E-state index contributed by atoms with van der Waals surface area (Å²) in [6.45, 7) is 13.9. The fourth-order valence-electron chi connectivity index (χ4n) is 9.45. The number of rotatable bonds is 7. The first-order valence-corrected chi connectivity index (χ1v) is 14.5. The molecular formula is C30H50O4. The second-order valence-corrected chi connectivity index (χ2v) is 13.2. The standard InChI is InChI=1S/C30H50O4/c1-7-33-28(32)34-22-14-16-29(5)21(18-22)9-10-23-25-12-11-24(30(25,6)17-15-26(23)29)20(4)8-13-27(31)19(2)3/h19-26H,7-18H2,1-6H3/t20-,21-,22-,23+,24-,25+,26+,29+,30-/m1/s1. The molecule has 4 saturated carbocycles. The van der Waals surface area contributed by atoms with Crippen LogP contribution in [0.2, 0.25) is 0 Å². The molecule has 4 aliphatic carbocycles. The van der Waals surface area contributed by atoms with Crippen LogP contribution in [0.5, 0.6) is 0 Å². The first-order chi connectivity index (χ1) is 16.1. The van der Waals surface area contributed by atoms with Gasteiger partial charge in [-0.3, -0.25) is 4.79 Å². The fourth-order valence-corrected chi connectivity index (χ4v) is 9.45. The molecule has 0 aromatic rings. The highest BCUT2D eigenvalue weighted by molar-refractivity contribution is 5.80. The van der Waals surface area contributed by atoms with Crippen LogP contribution in [0.1, 0.15) is 112 Å². The summed E-state index contributed by atoms with van der Waals surface area (Å²) in [5.74, 6) is 5.23. The maximum atomic E-state index is 12.3. The van der Waals surface area contributed by atoms with E-state index in [1.54, 1.807) is 0 Å². The normalized spacial score (nSPS) is 42.3. The number of carbonyl (C=O) groups excluding carboxylic acids is 2. The summed E-state index contributed by atoms with van der Waals surface area (Å²) in [6, 6.07) is 0. The number of fused-ring (bicyclic) bond motifs is 5. The second-order valence-electron chi connectivity index (χ2n) is 13.2. The van der Waals surface area contributed by atoms with Crippen LogP contribution in [0.15, 0.2) is 0 Å². The van der Waals surface area contributed by atoms with Gasteiger partial charge in [0.05, 0.1) is 6.61 Å². The average Bonchev–Trinajstić information content (AvgIpc) is 3.14. The molecule has 0 aromatic carbocycles. The maximum Gasteiger partial charge on any atom is 0.508 e. The van der Waals surface area contributed by atoms with Crippen molar-refractivity contribution in [2.75, 3.05) is 6.61 Å². The van der Waals surface area contributed by atoms with Gasteiger partial charge < -0.3 is 9.47 Å². The smallest absolute Gasteiger partial charge is 0.435 e. The third kappa shape index (κ3) is 4.69. The van der Waals surface area contributed by atoms with Crippen molar-refractivity contribution in [2.24, 2.45) is 52.3 Å². The first kappa shape index (κ1) is 26.0. The van der Waals surface area contributed by atoms with Crippen molar-refractivity contribution < 1.29 is 19.1 Å². The van der Waals surface area contributed by atoms with Crippen LogP contribution >= 0.6 is 0 Å². The van der Waals surface area contributed by atoms with Crippen molar-refractivity contribution in [3.05, 3.63) is 0 Å². The lowest BCUT2D eigenvalue weighted by atomic mass is 9.44. The van der Waals surface area contributed by atoms with E-state index in [-0.39, 0.29) is 12.0 Å². The molecule has 4 fully saturated rings. The van der Waals surface area contributed by atoms with Gasteiger partial charge in [-0.15, -0.1) is 0 Å². The molecule has 0 unspecified atom stereocenters. The summed E-state index contributed by atoms with van der Waals surface area (Å²) >= 11 is 0. The topological polar surface area (TPSA) is 52.6 Å². The largest absolute Gasteiger partial charge is 0.508 e. The Morgan fingerprint density at radius 1 is 0.912 bits per heavy atom. The van der Waals surface area contributed by atoms with E-state index in [1.807, 2.05) is 20.8 Å². The Labute approximate surface area is 208 Å². The minimum absolute atomic E-state index is 0.0350. The van der Waals surface area contributed by atoms with Gasteiger partial charge in [-0.1, -0.05) is 34.6 Å². The van der Waals surface area contributed by atoms with Gasteiger partial charge in [0.1, 0.15) is 11.9 Å². The lowest BCUT2D eigenvalue weighted by Gasteiger charge is -2.61. The van der Waals surface area contributed by atoms with E-state index in [2.05, 4.69) is 20.8 Å². The Kier molecular flexibility index (Phi) is 7.75. The van der Waals surface area contributed by atoms with Crippen molar-refractivity contribution in [2.45, 2.75) is 118 Å². The summed E-state index contributed by atoms with van der Waals surface area (Å²) in [4.78, 5) is 24.1. The van der Waals surface area contributed by atoms with E-state index in [0.717, 1.165) is 49.4 Å². The molecule has 4 aliphatic rings. The minimum Gasteiger partial charge on any atom is -0.435 e. The van der Waals surface area contributed by atoms with Gasteiger partial charge in [0.15, 0.2) is 0 Å². The van der Waals surface area contributed by atoms with Crippen molar-refractivity contribution in [3.8, 4) is 0 Å². The molecule has 4 nitrogen and oxygen atoms in total. The lowest BCUT2D eigenvalue weighted by molar-refractivity contribution is -0.132. The zero-order valence-corrected chi connectivity index (χ0v) is 22.7. The quantitative estimate of drug-likeness (QED) is 0.353. The Morgan fingerprint density at radius 2 is 1.62 bits per heavy atom. The van der Waals surface area contributed by atoms with E-state index < -0.39 is 6.16 Å². The summed E-state index contributed by atoms with van der Waals surface area (Å²) in [5.41, 5.74) is 0.848. The highest BCUT2D eigenvalue weighted by atomic mass is 16.7. The van der Waals surface area contributed by atoms with E-state index in [1.165, 1.54) is 44.9 Å². The Balaban J connectivity index is 1.40. The van der Waals surface area contributed by atoms with Crippen LogP contribution in [0.25, 0.3) is 0 Å². The van der Waals surface area contributed by atoms with E-state index in [0.29, 0.717) is 35.1 Å². The van der Waals surface area contributed by atoms with Crippen molar-refractivity contribution >= 4 is 11.9 Å². The maximum absolute atomic E-state index is 12.3. The molecule has 0 aliphatic heterocycles. The molecule has 0 radical (unpaired) electrons. The monoisotopic (exact) mass is 474 g/mol. The van der Waals surface area contributed by atoms with Crippen LogP contribution in [0.4, 0.5) is 4.79 Å². The SMILES string of the molecule is CCOC(=O)O[C@@H]1CC[C@@]2(C)[C@H](CC[C@@H]3[C@@H]2CC[C@]2(C)[C@@H]([C@H](C)CCC(=O)C(C)C)CC[C@@H]32)C1. The molecule has 0 bridgehead atoms. The van der Waals surface area contributed by atoms with Gasteiger partial charge in [-0.2, -0.15) is 0 Å². The van der Waals surface area contributed by atoms with Crippen LogP contribution in [-0.2, 0) is 14.3 Å². The lowest BCUT2D eigenvalue weighted by Crippen LogP contribution is -2.54. The number of ketones is 1. The number of hydrogen-bond acceptors (Lipinski definition) is 4. The Hall–Kier alpha value is -1.06. The number of hydrogen-bond donors (Lipinski definition) is 0. The summed E-state index contributed by atoms with van der Waals surface area (Å²) < 4.78 is 10.7. The predicted octanol–water partition coefficient (Wildman–Crippen LogP) is 7.83. The highest BCUT2D eigenvalue weighted by Gasteiger charge is 2.60. The van der Waals surface area contributed by atoms with Gasteiger partial charge in [0, 0.05) is 12.3 Å². The molecule has 0 saturated heterocycles. The molecule has 4 rings (SSSR count). The third-order valence-electron chi connectivity index (χ3n) is 11.4. The van der Waals surface area contributed by atoms with E-state index >= 15 is 0 Å². The van der Waals surface area contributed by atoms with E-state index in [4.69, 9.17) is 9.47 Å². The predicted molar refractivity (Wildman–Crippen MR) is 135 cm³/mol. The number of ether oxygens (including phenoxy) is 2. The Bertz CT molecular complexity index is 746. The fraction of sp³-hybridized carbons (Fsp3) is 0.933. The molecule has 0 spiro atoms. The van der Waals surface area contributed by atoms with Crippen LogP contribution in [0.3, 0.4) is 0 Å². The summed E-state index contributed by atoms with van der Waals surface area (Å²) in [6.07, 6.45) is 12.7. The minimum atomic E-state index is -0.487. The Morgan fingerprint density at radius 3 is 2.32 bits per heavy atom. The van der Waals surface area contributed by atoms with E-state index in [9.17, 15) is 9.59 Å². The molecule has 34 heavy (non-hydrogen) atoms. The molecule has 4 heteroatoms. The van der Waals surface area contributed by atoms with Crippen LogP contribution < -0.4 is 0 Å². The molecule has 0 aromatic heterocycles. The number of Topliss-reactive ketones (excluding diaryl/α,β-unsaturated/α-hetero) is 1. The summed E-state index contributed by atoms with van der Waals surface area (Å²) in [5, 5.41) is 0. The van der Waals surface area contributed by atoms with Gasteiger partial charge in [0.2, 0.25) is 0 Å². The molecular weight excluding hydrogens is 424 g/mol. The molecule has 0 heterocycles. The third-order valence-corrected chi connectivity index (χ3v) is 11.4. The zero-order chi connectivity index (χ0) is 24.7. The molecule has 0 amide bonds. The van der Waals surface area contributed by atoms with Crippen LogP contribution in [-0.4, -0.2) is 24.6 Å². The first-order valence-electron chi connectivity index (χ1n) is 14.5. The van der Waals surface area contributed by atoms with Crippen LogP contribution in [0, 0.1) is 52.3 Å². The van der Waals surface area contributed by atoms with Crippen molar-refractivity contribution in [1.29, 1.82) is 0 Å². The van der Waals surface area contributed by atoms with Gasteiger partial charge in [-0.05, 0) is 117 Å². The van der Waals surface area contributed by atoms with Crippen molar-refractivity contribution in [1.82, 2.24) is 0 Å². The molecule has 0 N–H and O–H groups in total. The van der Waals surface area contributed by atoms with Gasteiger partial charge >= 0.3 is 6.16 Å².